The largest absolute Gasteiger partial charge is 0.207 e. The van der Waals surface area contributed by atoms with Crippen LogP contribution >= 0.6 is 0 Å². The summed E-state index contributed by atoms with van der Waals surface area (Å²) in [6.07, 6.45) is 26.1. The first-order chi connectivity index (χ1) is 26.2. The van der Waals surface area contributed by atoms with Crippen LogP contribution in [-0.4, -0.2) is 0 Å². The molecule has 5 fully saturated rings. The van der Waals surface area contributed by atoms with Gasteiger partial charge in [0.1, 0.15) is 11.6 Å². The van der Waals surface area contributed by atoms with Crippen molar-refractivity contribution in [3.05, 3.63) is 94.6 Å². The molecule has 3 aromatic carbocycles. The zero-order valence-corrected chi connectivity index (χ0v) is 34.4. The van der Waals surface area contributed by atoms with Gasteiger partial charge in [0.15, 0.2) is 0 Å². The summed E-state index contributed by atoms with van der Waals surface area (Å²) in [6.45, 7) is 9.45. The Labute approximate surface area is 336 Å². The van der Waals surface area contributed by atoms with Crippen LogP contribution in [0.1, 0.15) is 209 Å². The molecule has 5 aliphatic carbocycles. The van der Waals surface area contributed by atoms with Crippen molar-refractivity contribution in [2.75, 3.05) is 0 Å². The molecule has 3 aromatic rings. The topological polar surface area (TPSA) is 0 Å². The number of hydrogen-bond donors (Lipinski definition) is 0. The van der Waals surface area contributed by atoms with Crippen molar-refractivity contribution in [1.82, 2.24) is 0 Å². The van der Waals surface area contributed by atoms with E-state index in [9.17, 15) is 8.78 Å². The van der Waals surface area contributed by atoms with Gasteiger partial charge in [-0.15, -0.1) is 0 Å². The van der Waals surface area contributed by atoms with Gasteiger partial charge in [-0.1, -0.05) is 128 Å². The summed E-state index contributed by atoms with van der Waals surface area (Å²) in [5.74, 6) is 7.69. The van der Waals surface area contributed by atoms with Crippen molar-refractivity contribution in [2.24, 2.45) is 35.5 Å². The maximum absolute atomic E-state index is 15.0. The number of hydrogen-bond acceptors (Lipinski definition) is 0. The minimum atomic E-state index is -0.0645. The van der Waals surface area contributed by atoms with Crippen LogP contribution in [0, 0.1) is 47.1 Å². The van der Waals surface area contributed by atoms with E-state index in [1.165, 1.54) is 145 Å². The third-order valence-electron chi connectivity index (χ3n) is 15.6. The third-order valence-corrected chi connectivity index (χ3v) is 15.6. The molecule has 0 nitrogen and oxygen atoms in total. The van der Waals surface area contributed by atoms with Crippen LogP contribution in [0.5, 0.6) is 0 Å². The molecule has 54 heavy (non-hydrogen) atoms. The number of rotatable bonds is 6. The predicted molar refractivity (Wildman–Crippen MR) is 236 cm³/mol. The molecular formula is C52H82F2. The van der Waals surface area contributed by atoms with E-state index in [0.717, 1.165) is 52.2 Å². The maximum Gasteiger partial charge on any atom is 0.131 e. The van der Waals surface area contributed by atoms with Crippen molar-refractivity contribution >= 4 is 0 Å². The quantitative estimate of drug-likeness (QED) is 0.236. The first kappa shape index (κ1) is 39.7. The van der Waals surface area contributed by atoms with Crippen LogP contribution in [0.2, 0.25) is 0 Å². The molecule has 0 radical (unpaired) electrons. The molecular weight excluding hydrogens is 663 g/mol. The van der Waals surface area contributed by atoms with Crippen LogP contribution in [0.25, 0.3) is 11.1 Å². The molecule has 2 heteroatoms. The fourth-order valence-electron chi connectivity index (χ4n) is 11.5. The summed E-state index contributed by atoms with van der Waals surface area (Å²) in [6, 6.07) is 21.0. The lowest BCUT2D eigenvalue weighted by molar-refractivity contribution is 0.164. The van der Waals surface area contributed by atoms with Gasteiger partial charge >= 0.3 is 0 Å². The molecule has 5 aliphatic rings. The Morgan fingerprint density at radius 3 is 1.17 bits per heavy atom. The van der Waals surface area contributed by atoms with Crippen molar-refractivity contribution in [3.63, 3.8) is 0 Å². The van der Waals surface area contributed by atoms with E-state index in [1.807, 2.05) is 12.1 Å². The first-order valence-electron chi connectivity index (χ1n) is 22.9. The van der Waals surface area contributed by atoms with Gasteiger partial charge in [-0.3, -0.25) is 0 Å². The van der Waals surface area contributed by atoms with E-state index in [4.69, 9.17) is 0 Å². The first-order valence-corrected chi connectivity index (χ1v) is 22.9. The maximum atomic E-state index is 15.0. The Bertz CT molecular complexity index is 1610. The van der Waals surface area contributed by atoms with E-state index in [2.05, 4.69) is 70.2 Å². The van der Waals surface area contributed by atoms with Crippen LogP contribution < -0.4 is 0 Å². The lowest BCUT2D eigenvalue weighted by Crippen LogP contribution is -2.25. The Morgan fingerprint density at radius 2 is 0.722 bits per heavy atom. The second-order valence-corrected chi connectivity index (χ2v) is 19.6. The molecule has 5 saturated carbocycles. The highest BCUT2D eigenvalue weighted by molar-refractivity contribution is 5.65. The second kappa shape index (κ2) is 18.6. The minimum Gasteiger partial charge on any atom is -0.207 e. The average molecular weight is 745 g/mol. The molecule has 8 rings (SSSR count). The monoisotopic (exact) mass is 745 g/mol. The summed E-state index contributed by atoms with van der Waals surface area (Å²) in [5.41, 5.74) is 6.64. The Hall–Kier alpha value is -2.48. The van der Waals surface area contributed by atoms with Gasteiger partial charge in [0.25, 0.3) is 0 Å². The Kier molecular flexibility index (Phi) is 13.7. The molecule has 0 aliphatic heterocycles. The van der Waals surface area contributed by atoms with Gasteiger partial charge in [0.05, 0.1) is 0 Å². The van der Waals surface area contributed by atoms with Crippen LogP contribution in [-0.2, 0) is 0 Å². The molecule has 0 amide bonds. The van der Waals surface area contributed by atoms with Crippen LogP contribution in [0.3, 0.4) is 0 Å². The zero-order chi connectivity index (χ0) is 37.6. The SMILES string of the molecule is CC1CCC(c2ccc(-c3ccc(C4CCC(C)CC4)cc3F)cc2)CC1.CC1CCC(c2ccc(C3CCC(C4CCC(C)CC4)CC3)c(F)c2)CC1.[HH].[HH].[HH].[HH].[HH]. The van der Waals surface area contributed by atoms with E-state index in [0.29, 0.717) is 23.7 Å². The second-order valence-electron chi connectivity index (χ2n) is 19.6. The summed E-state index contributed by atoms with van der Waals surface area (Å²) in [5, 5.41) is 0. The van der Waals surface area contributed by atoms with Crippen molar-refractivity contribution < 1.29 is 15.9 Å². The highest BCUT2D eigenvalue weighted by Gasteiger charge is 2.32. The lowest BCUT2D eigenvalue weighted by Gasteiger charge is -2.37. The zero-order valence-electron chi connectivity index (χ0n) is 34.4. The minimum absolute atomic E-state index is 0. The third kappa shape index (κ3) is 10.1. The van der Waals surface area contributed by atoms with Crippen molar-refractivity contribution in [1.29, 1.82) is 0 Å². The average Bonchev–Trinajstić information content (AvgIpc) is 3.19. The van der Waals surface area contributed by atoms with Gasteiger partial charge in [-0.2, -0.15) is 0 Å². The van der Waals surface area contributed by atoms with Gasteiger partial charge < -0.3 is 0 Å². The number of halogens is 2. The molecule has 0 bridgehead atoms. The molecule has 0 heterocycles. The molecule has 0 aromatic heterocycles. The van der Waals surface area contributed by atoms with Gasteiger partial charge in [0.2, 0.25) is 0 Å². The molecule has 0 N–H and O–H groups in total. The van der Waals surface area contributed by atoms with Crippen molar-refractivity contribution in [2.45, 2.75) is 180 Å². The van der Waals surface area contributed by atoms with Gasteiger partial charge in [-0.25, -0.2) is 8.78 Å². The molecule has 0 spiro atoms. The summed E-state index contributed by atoms with van der Waals surface area (Å²) < 4.78 is 29.8. The summed E-state index contributed by atoms with van der Waals surface area (Å²) in [7, 11) is 0. The highest BCUT2D eigenvalue weighted by atomic mass is 19.1. The van der Waals surface area contributed by atoms with Crippen LogP contribution in [0.15, 0.2) is 60.7 Å². The molecule has 0 unspecified atom stereocenters. The number of benzene rings is 3. The van der Waals surface area contributed by atoms with Gasteiger partial charge in [0, 0.05) is 12.7 Å². The molecule has 0 atom stereocenters. The summed E-state index contributed by atoms with van der Waals surface area (Å²) in [4.78, 5) is 0. The van der Waals surface area contributed by atoms with E-state index < -0.39 is 0 Å². The Balaban J connectivity index is 0.000000375. The van der Waals surface area contributed by atoms with Gasteiger partial charge in [-0.05, 0) is 176 Å². The van der Waals surface area contributed by atoms with E-state index >= 15 is 0 Å². The predicted octanol–water partition coefficient (Wildman–Crippen LogP) is 17.5. The fourth-order valence-corrected chi connectivity index (χ4v) is 11.5. The smallest absolute Gasteiger partial charge is 0.131 e. The summed E-state index contributed by atoms with van der Waals surface area (Å²) >= 11 is 0. The Morgan fingerprint density at radius 1 is 0.370 bits per heavy atom. The van der Waals surface area contributed by atoms with E-state index in [1.54, 1.807) is 6.07 Å². The molecule has 304 valence electrons. The van der Waals surface area contributed by atoms with Crippen LogP contribution in [0.4, 0.5) is 8.78 Å². The van der Waals surface area contributed by atoms with Crippen molar-refractivity contribution in [3.8, 4) is 11.1 Å². The van der Waals surface area contributed by atoms with E-state index in [-0.39, 0.29) is 18.8 Å². The lowest BCUT2D eigenvalue weighted by atomic mass is 9.68. The highest BCUT2D eigenvalue weighted by Crippen LogP contribution is 2.45. The fraction of sp³-hybridized carbons (Fsp3) is 0.654. The normalized spacial score (nSPS) is 33.4. The standard InChI is InChI=1S/C26H39F.C26H33F.5H2/c2*1-18-3-7-20(8-4-18)21-11-13-23(14-12-21)25-16-15-24(17-26(25)27)22-9-5-19(2)6-10-22;;;;;/h15-23H,3-14H2,1-2H3;11-20,22H,3-10H2,1-2H3;5*1H. The molecule has 0 saturated heterocycles.